The molecule has 0 amide bonds. The Morgan fingerprint density at radius 2 is 1.79 bits per heavy atom. The summed E-state index contributed by atoms with van der Waals surface area (Å²) in [6, 6.07) is 2.76. The maximum Gasteiger partial charge on any atom is 0.156 e. The number of rotatable bonds is 1. The first-order valence-electron chi connectivity index (χ1n) is 5.21. The van der Waals surface area contributed by atoms with Gasteiger partial charge in [0.25, 0.3) is 0 Å². The Bertz CT molecular complexity index is 762. The van der Waals surface area contributed by atoms with E-state index >= 15 is 0 Å². The molecule has 1 aromatic carbocycles. The van der Waals surface area contributed by atoms with Crippen LogP contribution in [0.2, 0.25) is 5.15 Å². The van der Waals surface area contributed by atoms with Crippen molar-refractivity contribution in [1.82, 2.24) is 14.6 Å². The highest BCUT2D eigenvalue weighted by Gasteiger charge is 2.18. The maximum absolute atomic E-state index is 13.7. The molecule has 0 radical (unpaired) electrons. The van der Waals surface area contributed by atoms with Crippen LogP contribution in [0.15, 0.2) is 30.6 Å². The minimum Gasteiger partial charge on any atom is -0.236 e. The second kappa shape index (κ2) is 4.24. The quantitative estimate of drug-likeness (QED) is 0.640. The van der Waals surface area contributed by atoms with Crippen molar-refractivity contribution in [3.63, 3.8) is 0 Å². The van der Waals surface area contributed by atoms with Gasteiger partial charge in [0.2, 0.25) is 0 Å². The standard InChI is InChI=1S/C12H5ClF3N3/c13-12-7(5-17-10-1-2-18-19(10)12)11-8(15)3-6(14)4-9(11)16/h1-5H. The lowest BCUT2D eigenvalue weighted by Crippen LogP contribution is -1.99. The molecule has 0 bridgehead atoms. The van der Waals surface area contributed by atoms with Crippen molar-refractivity contribution in [3.05, 3.63) is 53.2 Å². The zero-order valence-electron chi connectivity index (χ0n) is 9.24. The number of hydrogen-bond acceptors (Lipinski definition) is 2. The molecule has 0 N–H and O–H groups in total. The van der Waals surface area contributed by atoms with Crippen molar-refractivity contribution >= 4 is 17.2 Å². The van der Waals surface area contributed by atoms with Crippen LogP contribution in [0.5, 0.6) is 0 Å². The highest BCUT2D eigenvalue weighted by Crippen LogP contribution is 2.32. The van der Waals surface area contributed by atoms with Gasteiger partial charge in [-0.15, -0.1) is 0 Å². The molecule has 0 aliphatic heterocycles. The van der Waals surface area contributed by atoms with Crippen LogP contribution >= 0.6 is 11.6 Å². The summed E-state index contributed by atoms with van der Waals surface area (Å²) < 4.78 is 41.5. The predicted molar refractivity (Wildman–Crippen MR) is 63.3 cm³/mol. The van der Waals surface area contributed by atoms with Crippen molar-refractivity contribution in [2.45, 2.75) is 0 Å². The monoisotopic (exact) mass is 283 g/mol. The summed E-state index contributed by atoms with van der Waals surface area (Å²) in [5.74, 6) is -3.09. The molecule has 19 heavy (non-hydrogen) atoms. The Morgan fingerprint density at radius 3 is 2.47 bits per heavy atom. The number of fused-ring (bicyclic) bond motifs is 1. The molecule has 0 saturated heterocycles. The summed E-state index contributed by atoms with van der Waals surface area (Å²) in [5, 5.41) is 3.88. The number of hydrogen-bond donors (Lipinski definition) is 0. The average molecular weight is 284 g/mol. The SMILES string of the molecule is Fc1cc(F)c(-c2cnc3ccnn3c2Cl)c(F)c1. The van der Waals surface area contributed by atoms with Crippen molar-refractivity contribution in [2.75, 3.05) is 0 Å². The van der Waals surface area contributed by atoms with E-state index in [1.54, 1.807) is 6.07 Å². The molecule has 2 aromatic heterocycles. The van der Waals surface area contributed by atoms with E-state index in [-0.39, 0.29) is 10.7 Å². The summed E-state index contributed by atoms with van der Waals surface area (Å²) in [6.45, 7) is 0. The molecular weight excluding hydrogens is 279 g/mol. The topological polar surface area (TPSA) is 30.2 Å². The summed E-state index contributed by atoms with van der Waals surface area (Å²) >= 11 is 6.03. The van der Waals surface area contributed by atoms with Gasteiger partial charge in [0.1, 0.15) is 22.6 Å². The molecule has 3 aromatic rings. The van der Waals surface area contributed by atoms with Crippen LogP contribution < -0.4 is 0 Å². The molecule has 0 spiro atoms. The molecule has 96 valence electrons. The Morgan fingerprint density at radius 1 is 1.11 bits per heavy atom. The normalized spacial score (nSPS) is 11.2. The third-order valence-electron chi connectivity index (χ3n) is 2.63. The van der Waals surface area contributed by atoms with Crippen molar-refractivity contribution < 1.29 is 13.2 Å². The van der Waals surface area contributed by atoms with Gasteiger partial charge in [0, 0.05) is 30.0 Å². The first kappa shape index (κ1) is 12.0. The molecule has 3 rings (SSSR count). The zero-order chi connectivity index (χ0) is 13.6. The van der Waals surface area contributed by atoms with Gasteiger partial charge in [-0.1, -0.05) is 11.6 Å². The van der Waals surface area contributed by atoms with E-state index in [0.717, 1.165) is 0 Å². The van der Waals surface area contributed by atoms with Crippen LogP contribution in [0.1, 0.15) is 0 Å². The van der Waals surface area contributed by atoms with Gasteiger partial charge in [-0.25, -0.2) is 22.7 Å². The highest BCUT2D eigenvalue weighted by molar-refractivity contribution is 6.32. The smallest absolute Gasteiger partial charge is 0.156 e. The van der Waals surface area contributed by atoms with Gasteiger partial charge in [-0.05, 0) is 0 Å². The lowest BCUT2D eigenvalue weighted by atomic mass is 10.1. The molecule has 2 heterocycles. The van der Waals surface area contributed by atoms with E-state index in [2.05, 4.69) is 10.1 Å². The molecule has 7 heteroatoms. The fourth-order valence-electron chi connectivity index (χ4n) is 1.81. The molecule has 0 saturated carbocycles. The Hall–Kier alpha value is -2.08. The van der Waals surface area contributed by atoms with E-state index in [4.69, 9.17) is 11.6 Å². The number of nitrogens with zero attached hydrogens (tertiary/aromatic N) is 3. The predicted octanol–water partition coefficient (Wildman–Crippen LogP) is 3.47. The van der Waals surface area contributed by atoms with Crippen molar-refractivity contribution in [1.29, 1.82) is 0 Å². The van der Waals surface area contributed by atoms with Crippen LogP contribution in [0.25, 0.3) is 16.8 Å². The third kappa shape index (κ3) is 1.84. The molecule has 0 aliphatic carbocycles. The Kier molecular flexibility index (Phi) is 2.67. The van der Waals surface area contributed by atoms with Gasteiger partial charge < -0.3 is 0 Å². The zero-order valence-corrected chi connectivity index (χ0v) is 10.00. The fourth-order valence-corrected chi connectivity index (χ4v) is 2.08. The largest absolute Gasteiger partial charge is 0.236 e. The van der Waals surface area contributed by atoms with Gasteiger partial charge in [0.05, 0.1) is 11.8 Å². The second-order valence-electron chi connectivity index (χ2n) is 3.81. The maximum atomic E-state index is 13.7. The molecule has 0 aliphatic rings. The van der Waals surface area contributed by atoms with Crippen LogP contribution in [0, 0.1) is 17.5 Å². The van der Waals surface area contributed by atoms with Crippen LogP contribution in [-0.2, 0) is 0 Å². The lowest BCUT2D eigenvalue weighted by Gasteiger charge is -2.08. The average Bonchev–Trinajstić information content (AvgIpc) is 2.79. The van der Waals surface area contributed by atoms with Gasteiger partial charge >= 0.3 is 0 Å². The molecule has 0 atom stereocenters. The lowest BCUT2D eigenvalue weighted by molar-refractivity contribution is 0.548. The molecule has 3 nitrogen and oxygen atoms in total. The first-order chi connectivity index (χ1) is 9.08. The van der Waals surface area contributed by atoms with E-state index in [9.17, 15) is 13.2 Å². The fraction of sp³-hybridized carbons (Fsp3) is 0. The first-order valence-corrected chi connectivity index (χ1v) is 5.59. The Labute approximate surface area is 110 Å². The summed E-state index contributed by atoms with van der Waals surface area (Å²) in [4.78, 5) is 3.97. The van der Waals surface area contributed by atoms with Gasteiger partial charge in [-0.3, -0.25) is 0 Å². The number of halogens is 4. The molecule has 0 unspecified atom stereocenters. The van der Waals surface area contributed by atoms with Crippen LogP contribution in [0.4, 0.5) is 13.2 Å². The van der Waals surface area contributed by atoms with Crippen LogP contribution in [0.3, 0.4) is 0 Å². The third-order valence-corrected chi connectivity index (χ3v) is 3.00. The molecular formula is C12H5ClF3N3. The van der Waals surface area contributed by atoms with E-state index in [1.165, 1.54) is 16.9 Å². The van der Waals surface area contributed by atoms with E-state index in [1.807, 2.05) is 0 Å². The van der Waals surface area contributed by atoms with Crippen molar-refractivity contribution in [2.24, 2.45) is 0 Å². The molecule has 0 fully saturated rings. The van der Waals surface area contributed by atoms with E-state index in [0.29, 0.717) is 17.8 Å². The van der Waals surface area contributed by atoms with Gasteiger partial charge in [-0.2, -0.15) is 5.10 Å². The minimum absolute atomic E-state index is 0.000548. The summed E-state index contributed by atoms with van der Waals surface area (Å²) in [7, 11) is 0. The highest BCUT2D eigenvalue weighted by atomic mass is 35.5. The number of benzene rings is 1. The van der Waals surface area contributed by atoms with Crippen molar-refractivity contribution in [3.8, 4) is 11.1 Å². The second-order valence-corrected chi connectivity index (χ2v) is 4.17. The Balaban J connectivity index is 2.33. The van der Waals surface area contributed by atoms with Crippen LogP contribution in [-0.4, -0.2) is 14.6 Å². The summed E-state index contributed by atoms with van der Waals surface area (Å²) in [5.41, 5.74) is 0.0147. The van der Waals surface area contributed by atoms with Gasteiger partial charge in [0.15, 0.2) is 5.65 Å². The number of aromatic nitrogens is 3. The minimum atomic E-state index is -1.05. The van der Waals surface area contributed by atoms with E-state index < -0.39 is 23.0 Å². The summed E-state index contributed by atoms with van der Waals surface area (Å²) in [6.07, 6.45) is 2.67.